The molecule has 0 spiro atoms. The summed E-state index contributed by atoms with van der Waals surface area (Å²) in [7, 11) is 1.68. The van der Waals surface area contributed by atoms with Gasteiger partial charge in [-0.2, -0.15) is 5.10 Å². The number of methoxy groups -OCH3 is 1. The van der Waals surface area contributed by atoms with Crippen LogP contribution in [0.3, 0.4) is 0 Å². The molecule has 0 aliphatic rings. The number of aromatic nitrogens is 2. The van der Waals surface area contributed by atoms with Gasteiger partial charge in [0.1, 0.15) is 5.75 Å². The number of ether oxygens (including phenoxy) is 1. The first-order valence-corrected chi connectivity index (χ1v) is 5.58. The zero-order valence-corrected chi connectivity index (χ0v) is 10.4. The van der Waals surface area contributed by atoms with Crippen LogP contribution in [0.2, 0.25) is 0 Å². The predicted octanol–water partition coefficient (Wildman–Crippen LogP) is 2.65. The van der Waals surface area contributed by atoms with Crippen molar-refractivity contribution in [2.24, 2.45) is 0 Å². The summed E-state index contributed by atoms with van der Waals surface area (Å²) in [4.78, 5) is 0. The molecule has 0 aliphatic heterocycles. The molecule has 0 saturated carbocycles. The Morgan fingerprint density at radius 1 is 1.35 bits per heavy atom. The molecule has 2 aromatic rings. The highest BCUT2D eigenvalue weighted by atomic mass is 16.5. The Bertz CT molecular complexity index is 505. The number of benzene rings is 1. The summed E-state index contributed by atoms with van der Waals surface area (Å²) in [6.07, 6.45) is 1.84. The maximum Gasteiger partial charge on any atom is 0.141 e. The van der Waals surface area contributed by atoms with E-state index in [2.05, 4.69) is 28.5 Å². The van der Waals surface area contributed by atoms with Crippen LogP contribution in [-0.2, 0) is 6.54 Å². The summed E-state index contributed by atoms with van der Waals surface area (Å²) in [5.74, 6) is 0.858. The monoisotopic (exact) mass is 231 g/mol. The van der Waals surface area contributed by atoms with E-state index in [-0.39, 0.29) is 0 Å². The van der Waals surface area contributed by atoms with Crippen LogP contribution in [0.1, 0.15) is 16.8 Å². The second kappa shape index (κ2) is 4.91. The lowest BCUT2D eigenvalue weighted by molar-refractivity contribution is 0.416. The second-order valence-electron chi connectivity index (χ2n) is 4.08. The summed E-state index contributed by atoms with van der Waals surface area (Å²) >= 11 is 0. The Balaban J connectivity index is 2.13. The van der Waals surface area contributed by atoms with Crippen LogP contribution < -0.4 is 10.1 Å². The summed E-state index contributed by atoms with van der Waals surface area (Å²) in [5, 5.41) is 10.3. The normalized spacial score (nSPS) is 10.3. The molecule has 1 aromatic carbocycles. The number of H-pyrrole nitrogens is 1. The molecule has 4 nitrogen and oxygen atoms in total. The van der Waals surface area contributed by atoms with Crippen LogP contribution in [0.4, 0.5) is 5.69 Å². The smallest absolute Gasteiger partial charge is 0.141 e. The van der Waals surface area contributed by atoms with E-state index in [4.69, 9.17) is 4.74 Å². The number of aromatic amines is 1. The molecule has 0 unspecified atom stereocenters. The number of hydrogen-bond acceptors (Lipinski definition) is 3. The number of anilines is 1. The first-order valence-electron chi connectivity index (χ1n) is 5.58. The van der Waals surface area contributed by atoms with Crippen molar-refractivity contribution < 1.29 is 4.74 Å². The van der Waals surface area contributed by atoms with Crippen molar-refractivity contribution in [3.8, 4) is 5.75 Å². The number of nitrogens with zero attached hydrogens (tertiary/aromatic N) is 1. The minimum Gasteiger partial charge on any atom is -0.495 e. The molecule has 2 rings (SSSR count). The fourth-order valence-corrected chi connectivity index (χ4v) is 1.70. The zero-order valence-electron chi connectivity index (χ0n) is 10.4. The van der Waals surface area contributed by atoms with E-state index in [1.807, 2.05) is 25.3 Å². The summed E-state index contributed by atoms with van der Waals surface area (Å²) < 4.78 is 5.31. The zero-order chi connectivity index (χ0) is 12.3. The van der Waals surface area contributed by atoms with Crippen LogP contribution in [0.25, 0.3) is 0 Å². The van der Waals surface area contributed by atoms with E-state index in [1.165, 1.54) is 5.56 Å². The molecular formula is C13H17N3O. The predicted molar refractivity (Wildman–Crippen MR) is 68.4 cm³/mol. The van der Waals surface area contributed by atoms with Gasteiger partial charge in [-0.3, -0.25) is 5.10 Å². The van der Waals surface area contributed by atoms with Crippen molar-refractivity contribution in [1.29, 1.82) is 0 Å². The minimum atomic E-state index is 0.738. The van der Waals surface area contributed by atoms with E-state index < -0.39 is 0 Å². The lowest BCUT2D eigenvalue weighted by Gasteiger charge is -2.11. The van der Waals surface area contributed by atoms with Gasteiger partial charge < -0.3 is 10.1 Å². The first-order chi connectivity index (χ1) is 8.20. The van der Waals surface area contributed by atoms with Crippen molar-refractivity contribution in [2.45, 2.75) is 20.4 Å². The largest absolute Gasteiger partial charge is 0.495 e. The highest BCUT2D eigenvalue weighted by Crippen LogP contribution is 2.25. The van der Waals surface area contributed by atoms with E-state index in [0.29, 0.717) is 0 Å². The molecule has 0 atom stereocenters. The molecule has 0 fully saturated rings. The van der Waals surface area contributed by atoms with E-state index in [1.54, 1.807) is 7.11 Å². The topological polar surface area (TPSA) is 49.9 Å². The van der Waals surface area contributed by atoms with Gasteiger partial charge >= 0.3 is 0 Å². The molecule has 2 N–H and O–H groups in total. The molecular weight excluding hydrogens is 214 g/mol. The SMILES string of the molecule is COc1ccc(C)cc1NCc1cn[nH]c1C. The Labute approximate surface area is 101 Å². The van der Waals surface area contributed by atoms with E-state index >= 15 is 0 Å². The number of nitrogens with one attached hydrogen (secondary N) is 2. The van der Waals surface area contributed by atoms with Gasteiger partial charge in [-0.15, -0.1) is 0 Å². The van der Waals surface area contributed by atoms with Gasteiger partial charge in [0.2, 0.25) is 0 Å². The summed E-state index contributed by atoms with van der Waals surface area (Å²) in [5.41, 5.74) is 4.46. The second-order valence-corrected chi connectivity index (χ2v) is 4.08. The summed E-state index contributed by atoms with van der Waals surface area (Å²) in [6.45, 7) is 4.81. The molecule has 0 bridgehead atoms. The van der Waals surface area contributed by atoms with Gasteiger partial charge in [-0.25, -0.2) is 0 Å². The maximum atomic E-state index is 5.31. The average Bonchev–Trinajstić information content (AvgIpc) is 2.72. The molecule has 0 saturated heterocycles. The third-order valence-corrected chi connectivity index (χ3v) is 2.76. The Kier molecular flexibility index (Phi) is 3.32. The number of hydrogen-bond donors (Lipinski definition) is 2. The van der Waals surface area contributed by atoms with Crippen LogP contribution in [0, 0.1) is 13.8 Å². The Morgan fingerprint density at radius 3 is 2.82 bits per heavy atom. The molecule has 1 heterocycles. The van der Waals surface area contributed by atoms with Crippen LogP contribution >= 0.6 is 0 Å². The van der Waals surface area contributed by atoms with Gasteiger partial charge in [0.15, 0.2) is 0 Å². The third-order valence-electron chi connectivity index (χ3n) is 2.76. The Hall–Kier alpha value is -1.97. The first kappa shape index (κ1) is 11.5. The molecule has 0 radical (unpaired) electrons. The quantitative estimate of drug-likeness (QED) is 0.850. The molecule has 0 aliphatic carbocycles. The van der Waals surface area contributed by atoms with Crippen molar-refractivity contribution >= 4 is 5.69 Å². The van der Waals surface area contributed by atoms with Crippen molar-refractivity contribution in [3.63, 3.8) is 0 Å². The van der Waals surface area contributed by atoms with Gasteiger partial charge in [-0.05, 0) is 31.5 Å². The van der Waals surface area contributed by atoms with Gasteiger partial charge in [-0.1, -0.05) is 6.07 Å². The highest BCUT2D eigenvalue weighted by Gasteiger charge is 2.04. The molecule has 4 heteroatoms. The lowest BCUT2D eigenvalue weighted by atomic mass is 10.2. The standard InChI is InChI=1S/C13H17N3O/c1-9-4-5-13(17-3)12(6-9)14-7-11-8-15-16-10(11)2/h4-6,8,14H,7H2,1-3H3,(H,15,16). The Morgan fingerprint density at radius 2 is 2.18 bits per heavy atom. The number of aryl methyl sites for hydroxylation is 2. The van der Waals surface area contributed by atoms with E-state index in [0.717, 1.165) is 29.2 Å². The summed E-state index contributed by atoms with van der Waals surface area (Å²) in [6, 6.07) is 6.08. The average molecular weight is 231 g/mol. The molecule has 1 aromatic heterocycles. The van der Waals surface area contributed by atoms with Crippen molar-refractivity contribution in [1.82, 2.24) is 10.2 Å². The van der Waals surface area contributed by atoms with Crippen LogP contribution in [-0.4, -0.2) is 17.3 Å². The van der Waals surface area contributed by atoms with Gasteiger partial charge in [0.05, 0.1) is 19.0 Å². The fraction of sp³-hybridized carbons (Fsp3) is 0.308. The van der Waals surface area contributed by atoms with Crippen LogP contribution in [0.5, 0.6) is 5.75 Å². The van der Waals surface area contributed by atoms with Crippen molar-refractivity contribution in [2.75, 3.05) is 12.4 Å². The molecule has 17 heavy (non-hydrogen) atoms. The van der Waals surface area contributed by atoms with Crippen molar-refractivity contribution in [3.05, 3.63) is 41.2 Å². The molecule has 0 amide bonds. The fourth-order valence-electron chi connectivity index (χ4n) is 1.70. The van der Waals surface area contributed by atoms with Gasteiger partial charge in [0, 0.05) is 17.8 Å². The lowest BCUT2D eigenvalue weighted by Crippen LogP contribution is -2.02. The third kappa shape index (κ3) is 2.58. The minimum absolute atomic E-state index is 0.738. The van der Waals surface area contributed by atoms with Crippen LogP contribution in [0.15, 0.2) is 24.4 Å². The van der Waals surface area contributed by atoms with E-state index in [9.17, 15) is 0 Å². The maximum absolute atomic E-state index is 5.31. The highest BCUT2D eigenvalue weighted by molar-refractivity contribution is 5.58. The van der Waals surface area contributed by atoms with Gasteiger partial charge in [0.25, 0.3) is 0 Å². The molecule has 90 valence electrons. The number of rotatable bonds is 4.